The molecular formula is C24H27NO2. The number of rotatable bonds is 9. The largest absolute Gasteiger partial charge is 0.493 e. The molecule has 0 aliphatic rings. The van der Waals surface area contributed by atoms with Gasteiger partial charge in [-0.3, -0.25) is 0 Å². The van der Waals surface area contributed by atoms with Crippen molar-refractivity contribution in [3.63, 3.8) is 0 Å². The zero-order valence-electron chi connectivity index (χ0n) is 16.0. The lowest BCUT2D eigenvalue weighted by atomic mass is 10.2. The molecule has 0 radical (unpaired) electrons. The summed E-state index contributed by atoms with van der Waals surface area (Å²) in [5.74, 6) is 1.80. The molecule has 0 saturated heterocycles. The van der Waals surface area contributed by atoms with E-state index >= 15 is 0 Å². The third-order valence-corrected chi connectivity index (χ3v) is 4.15. The van der Waals surface area contributed by atoms with Gasteiger partial charge in [-0.15, -0.1) is 0 Å². The summed E-state index contributed by atoms with van der Waals surface area (Å²) in [6.07, 6.45) is 1.11. The van der Waals surface area contributed by atoms with Gasteiger partial charge in [0.25, 0.3) is 0 Å². The van der Waals surface area contributed by atoms with Crippen molar-refractivity contribution in [2.45, 2.75) is 32.9 Å². The van der Waals surface area contributed by atoms with Crippen molar-refractivity contribution in [1.82, 2.24) is 0 Å². The third-order valence-electron chi connectivity index (χ3n) is 4.15. The molecule has 3 heteroatoms. The van der Waals surface area contributed by atoms with E-state index < -0.39 is 0 Å². The molecule has 0 aliphatic carbocycles. The number of hydrogen-bond donors (Lipinski definition) is 1. The van der Waals surface area contributed by atoms with E-state index in [1.54, 1.807) is 0 Å². The van der Waals surface area contributed by atoms with Gasteiger partial charge in [0, 0.05) is 18.7 Å². The molecule has 0 unspecified atom stereocenters. The second kappa shape index (κ2) is 9.67. The Labute approximate surface area is 162 Å². The van der Waals surface area contributed by atoms with Gasteiger partial charge in [-0.1, -0.05) is 42.5 Å². The van der Waals surface area contributed by atoms with Crippen molar-refractivity contribution < 1.29 is 9.47 Å². The Kier molecular flexibility index (Phi) is 6.75. The Balaban J connectivity index is 1.43. The van der Waals surface area contributed by atoms with Gasteiger partial charge in [0.05, 0.1) is 12.7 Å². The molecule has 27 heavy (non-hydrogen) atoms. The lowest BCUT2D eigenvalue weighted by Crippen LogP contribution is -2.05. The zero-order chi connectivity index (χ0) is 18.9. The summed E-state index contributed by atoms with van der Waals surface area (Å²) >= 11 is 0. The fraction of sp³-hybridized carbons (Fsp3) is 0.250. The van der Waals surface area contributed by atoms with Crippen LogP contribution in [-0.4, -0.2) is 12.7 Å². The highest BCUT2D eigenvalue weighted by Crippen LogP contribution is 2.18. The first-order chi connectivity index (χ1) is 13.2. The molecule has 0 fully saturated rings. The first kappa shape index (κ1) is 18.8. The van der Waals surface area contributed by atoms with Crippen molar-refractivity contribution in [3.05, 3.63) is 90.0 Å². The maximum absolute atomic E-state index is 5.84. The van der Waals surface area contributed by atoms with E-state index in [0.29, 0.717) is 6.61 Å². The van der Waals surface area contributed by atoms with E-state index in [1.807, 2.05) is 56.3 Å². The normalized spacial score (nSPS) is 10.6. The quantitative estimate of drug-likeness (QED) is 0.530. The standard InChI is InChI=1S/C24H27NO2/c1-19(2)27-24-14-10-22(11-15-24)25-18-21-8-12-23(13-9-21)26-17-16-20-6-4-3-5-7-20/h3-15,19,25H,16-18H2,1-2H3. The Morgan fingerprint density at radius 1 is 0.741 bits per heavy atom. The first-order valence-corrected chi connectivity index (χ1v) is 9.45. The van der Waals surface area contributed by atoms with Crippen LogP contribution in [0.15, 0.2) is 78.9 Å². The topological polar surface area (TPSA) is 30.5 Å². The molecule has 0 bridgehead atoms. The average molecular weight is 361 g/mol. The van der Waals surface area contributed by atoms with E-state index in [-0.39, 0.29) is 6.10 Å². The van der Waals surface area contributed by atoms with Gasteiger partial charge in [-0.05, 0) is 61.4 Å². The van der Waals surface area contributed by atoms with Crippen LogP contribution in [0.5, 0.6) is 11.5 Å². The SMILES string of the molecule is CC(C)Oc1ccc(NCc2ccc(OCCc3ccccc3)cc2)cc1. The molecule has 3 nitrogen and oxygen atoms in total. The van der Waals surface area contributed by atoms with Crippen molar-refractivity contribution in [1.29, 1.82) is 0 Å². The maximum atomic E-state index is 5.84. The molecule has 0 aromatic heterocycles. The Hall–Kier alpha value is -2.94. The minimum absolute atomic E-state index is 0.192. The van der Waals surface area contributed by atoms with Gasteiger partial charge in [0.2, 0.25) is 0 Å². The van der Waals surface area contributed by atoms with Crippen molar-refractivity contribution >= 4 is 5.69 Å². The van der Waals surface area contributed by atoms with Crippen LogP contribution in [0.25, 0.3) is 0 Å². The number of nitrogens with one attached hydrogen (secondary N) is 1. The van der Waals surface area contributed by atoms with Crippen molar-refractivity contribution in [2.24, 2.45) is 0 Å². The van der Waals surface area contributed by atoms with Crippen molar-refractivity contribution in [2.75, 3.05) is 11.9 Å². The number of ether oxygens (including phenoxy) is 2. The van der Waals surface area contributed by atoms with Gasteiger partial charge in [-0.25, -0.2) is 0 Å². The molecule has 0 saturated carbocycles. The van der Waals surface area contributed by atoms with Gasteiger partial charge >= 0.3 is 0 Å². The highest BCUT2D eigenvalue weighted by molar-refractivity contribution is 5.47. The van der Waals surface area contributed by atoms with Crippen LogP contribution >= 0.6 is 0 Å². The van der Waals surface area contributed by atoms with Crippen LogP contribution in [0.4, 0.5) is 5.69 Å². The molecule has 3 aromatic rings. The molecule has 0 amide bonds. The van der Waals surface area contributed by atoms with Crippen LogP contribution in [0.1, 0.15) is 25.0 Å². The fourth-order valence-electron chi connectivity index (χ4n) is 2.76. The predicted octanol–water partition coefficient (Wildman–Crippen LogP) is 5.71. The monoisotopic (exact) mass is 361 g/mol. The van der Waals surface area contributed by atoms with Gasteiger partial charge in [-0.2, -0.15) is 0 Å². The molecule has 140 valence electrons. The molecule has 0 spiro atoms. The van der Waals surface area contributed by atoms with Crippen LogP contribution in [0.3, 0.4) is 0 Å². The smallest absolute Gasteiger partial charge is 0.119 e. The Morgan fingerprint density at radius 2 is 1.41 bits per heavy atom. The average Bonchev–Trinajstić information content (AvgIpc) is 2.69. The molecular weight excluding hydrogens is 334 g/mol. The predicted molar refractivity (Wildman–Crippen MR) is 112 cm³/mol. The maximum Gasteiger partial charge on any atom is 0.119 e. The minimum Gasteiger partial charge on any atom is -0.493 e. The van der Waals surface area contributed by atoms with E-state index in [9.17, 15) is 0 Å². The van der Waals surface area contributed by atoms with Crippen LogP contribution in [0.2, 0.25) is 0 Å². The van der Waals surface area contributed by atoms with Gasteiger partial charge < -0.3 is 14.8 Å². The van der Waals surface area contributed by atoms with E-state index in [0.717, 1.165) is 30.2 Å². The molecule has 1 N–H and O–H groups in total. The van der Waals surface area contributed by atoms with E-state index in [4.69, 9.17) is 9.47 Å². The summed E-state index contributed by atoms with van der Waals surface area (Å²) in [7, 11) is 0. The minimum atomic E-state index is 0.192. The summed E-state index contributed by atoms with van der Waals surface area (Å²) in [5, 5.41) is 3.43. The van der Waals surface area contributed by atoms with Crippen LogP contribution in [0, 0.1) is 0 Å². The molecule has 0 atom stereocenters. The summed E-state index contributed by atoms with van der Waals surface area (Å²) in [4.78, 5) is 0. The summed E-state index contributed by atoms with van der Waals surface area (Å²) < 4.78 is 11.5. The Morgan fingerprint density at radius 3 is 2.07 bits per heavy atom. The lowest BCUT2D eigenvalue weighted by molar-refractivity contribution is 0.242. The molecule has 3 aromatic carbocycles. The van der Waals surface area contributed by atoms with Gasteiger partial charge in [0.15, 0.2) is 0 Å². The number of anilines is 1. The highest BCUT2D eigenvalue weighted by Gasteiger charge is 2.00. The van der Waals surface area contributed by atoms with Crippen molar-refractivity contribution in [3.8, 4) is 11.5 Å². The van der Waals surface area contributed by atoms with E-state index in [1.165, 1.54) is 11.1 Å². The summed E-state index contributed by atoms with van der Waals surface area (Å²) in [5.41, 5.74) is 3.59. The second-order valence-electron chi connectivity index (χ2n) is 6.77. The number of hydrogen-bond acceptors (Lipinski definition) is 3. The fourth-order valence-corrected chi connectivity index (χ4v) is 2.76. The Bertz CT molecular complexity index is 796. The summed E-state index contributed by atoms with van der Waals surface area (Å²) in [6.45, 7) is 5.52. The van der Waals surface area contributed by atoms with Crippen LogP contribution < -0.4 is 14.8 Å². The molecule has 0 heterocycles. The van der Waals surface area contributed by atoms with Gasteiger partial charge in [0.1, 0.15) is 11.5 Å². The van der Waals surface area contributed by atoms with Crippen LogP contribution in [-0.2, 0) is 13.0 Å². The zero-order valence-corrected chi connectivity index (χ0v) is 16.0. The highest BCUT2D eigenvalue weighted by atomic mass is 16.5. The second-order valence-corrected chi connectivity index (χ2v) is 6.77. The van der Waals surface area contributed by atoms with E-state index in [2.05, 4.69) is 41.7 Å². The molecule has 0 aliphatic heterocycles. The first-order valence-electron chi connectivity index (χ1n) is 9.45. The molecule has 3 rings (SSSR count). The third kappa shape index (κ3) is 6.37. The lowest BCUT2D eigenvalue weighted by Gasteiger charge is -2.11. The number of benzene rings is 3. The summed E-state index contributed by atoms with van der Waals surface area (Å²) in [6, 6.07) is 26.7.